The maximum Gasteiger partial charge on any atom is 0.280 e. The molecule has 21 heavy (non-hydrogen) atoms. The van der Waals surface area contributed by atoms with Gasteiger partial charge in [-0.25, -0.2) is 4.98 Å². The van der Waals surface area contributed by atoms with Gasteiger partial charge in [-0.15, -0.1) is 0 Å². The van der Waals surface area contributed by atoms with Crippen molar-refractivity contribution in [2.24, 2.45) is 0 Å². The summed E-state index contributed by atoms with van der Waals surface area (Å²) in [6.07, 6.45) is 3.86. The normalized spacial score (nSPS) is 11.9. The average molecular weight is 307 g/mol. The van der Waals surface area contributed by atoms with Crippen LogP contribution >= 0.6 is 0 Å². The number of hydrogen-bond acceptors (Lipinski definition) is 3. The summed E-state index contributed by atoms with van der Waals surface area (Å²) >= 11 is 0. The monoisotopic (exact) mass is 307 g/mol. The lowest BCUT2D eigenvalue weighted by Gasteiger charge is -2.13. The van der Waals surface area contributed by atoms with E-state index in [0.717, 1.165) is 17.5 Å². The second kappa shape index (κ2) is 5.89. The average Bonchev–Trinajstić information content (AvgIpc) is 2.91. The molecule has 1 aromatic carbocycles. The molecule has 2 aromatic rings. The van der Waals surface area contributed by atoms with Gasteiger partial charge in [-0.1, -0.05) is 25.1 Å². The summed E-state index contributed by atoms with van der Waals surface area (Å²) in [4.78, 5) is 4.00. The summed E-state index contributed by atoms with van der Waals surface area (Å²) in [5.41, 5.74) is 2.53. The fraction of sp³-hybridized carbons (Fsp3) is 0.400. The Hall–Kier alpha value is -1.82. The van der Waals surface area contributed by atoms with Gasteiger partial charge in [-0.05, 0) is 38.3 Å². The predicted octanol–water partition coefficient (Wildman–Crippen LogP) is 3.14. The molecule has 1 heterocycles. The first kappa shape index (κ1) is 15.6. The second-order valence-corrected chi connectivity index (χ2v) is 6.95. The van der Waals surface area contributed by atoms with E-state index in [0.29, 0.717) is 5.69 Å². The van der Waals surface area contributed by atoms with Crippen molar-refractivity contribution >= 4 is 15.7 Å². The SMILES string of the molecule is CCc1cccc(C)c1NS(=O)(=O)c1cn(C(C)C)cn1. The van der Waals surface area contributed by atoms with E-state index >= 15 is 0 Å². The molecule has 0 aliphatic rings. The van der Waals surface area contributed by atoms with Crippen LogP contribution in [0.5, 0.6) is 0 Å². The lowest BCUT2D eigenvalue weighted by Crippen LogP contribution is -2.15. The molecule has 2 rings (SSSR count). The highest BCUT2D eigenvalue weighted by Crippen LogP contribution is 2.24. The number of benzene rings is 1. The molecular formula is C15H21N3O2S. The predicted molar refractivity (Wildman–Crippen MR) is 84.0 cm³/mol. The van der Waals surface area contributed by atoms with Gasteiger partial charge in [0.25, 0.3) is 10.0 Å². The van der Waals surface area contributed by atoms with Gasteiger partial charge >= 0.3 is 0 Å². The van der Waals surface area contributed by atoms with Crippen molar-refractivity contribution in [3.8, 4) is 0 Å². The Morgan fingerprint density at radius 3 is 2.62 bits per heavy atom. The summed E-state index contributed by atoms with van der Waals surface area (Å²) in [6, 6.07) is 5.92. The largest absolute Gasteiger partial charge is 0.334 e. The van der Waals surface area contributed by atoms with Crippen LogP contribution in [-0.4, -0.2) is 18.0 Å². The molecule has 1 N–H and O–H groups in total. The summed E-state index contributed by atoms with van der Waals surface area (Å²) in [7, 11) is -3.66. The number of para-hydroxylation sites is 1. The van der Waals surface area contributed by atoms with Crippen molar-refractivity contribution in [2.75, 3.05) is 4.72 Å². The minimum atomic E-state index is -3.66. The number of imidazole rings is 1. The van der Waals surface area contributed by atoms with Gasteiger partial charge in [-0.2, -0.15) is 8.42 Å². The Bertz CT molecular complexity index is 733. The van der Waals surface area contributed by atoms with Crippen LogP contribution in [0.2, 0.25) is 0 Å². The topological polar surface area (TPSA) is 64.0 Å². The number of hydrogen-bond donors (Lipinski definition) is 1. The Kier molecular flexibility index (Phi) is 4.37. The Morgan fingerprint density at radius 1 is 1.33 bits per heavy atom. The zero-order valence-electron chi connectivity index (χ0n) is 12.8. The van der Waals surface area contributed by atoms with E-state index in [2.05, 4.69) is 9.71 Å². The molecule has 0 unspecified atom stereocenters. The Morgan fingerprint density at radius 2 is 2.05 bits per heavy atom. The zero-order chi connectivity index (χ0) is 15.6. The molecular weight excluding hydrogens is 286 g/mol. The van der Waals surface area contributed by atoms with Gasteiger partial charge in [-0.3, -0.25) is 4.72 Å². The first-order valence-electron chi connectivity index (χ1n) is 7.00. The molecule has 0 aliphatic carbocycles. The minimum Gasteiger partial charge on any atom is -0.334 e. The molecule has 5 nitrogen and oxygen atoms in total. The summed E-state index contributed by atoms with van der Waals surface area (Å²) in [5.74, 6) is 0. The number of nitrogens with zero attached hydrogens (tertiary/aromatic N) is 2. The molecule has 0 fully saturated rings. The lowest BCUT2D eigenvalue weighted by atomic mass is 10.1. The quantitative estimate of drug-likeness (QED) is 0.923. The van der Waals surface area contributed by atoms with E-state index in [9.17, 15) is 8.42 Å². The van der Waals surface area contributed by atoms with E-state index in [1.54, 1.807) is 10.8 Å². The molecule has 0 saturated carbocycles. The van der Waals surface area contributed by atoms with Crippen LogP contribution in [0.1, 0.15) is 37.9 Å². The molecule has 6 heteroatoms. The standard InChI is InChI=1S/C15H21N3O2S/c1-5-13-8-6-7-12(4)15(13)17-21(19,20)14-9-18(10-16-14)11(2)3/h6-11,17H,5H2,1-4H3. The molecule has 0 aliphatic heterocycles. The van der Waals surface area contributed by atoms with Crippen LogP contribution in [0.3, 0.4) is 0 Å². The second-order valence-electron chi connectivity index (χ2n) is 5.32. The molecule has 0 radical (unpaired) electrons. The van der Waals surface area contributed by atoms with Crippen molar-refractivity contribution in [2.45, 2.75) is 45.2 Å². The van der Waals surface area contributed by atoms with Crippen LogP contribution in [0.4, 0.5) is 5.69 Å². The number of aryl methyl sites for hydroxylation is 2. The fourth-order valence-electron chi connectivity index (χ4n) is 2.09. The van der Waals surface area contributed by atoms with Gasteiger partial charge in [0.15, 0.2) is 5.03 Å². The first-order valence-corrected chi connectivity index (χ1v) is 8.48. The number of sulfonamides is 1. The van der Waals surface area contributed by atoms with Crippen LogP contribution < -0.4 is 4.72 Å². The maximum absolute atomic E-state index is 12.5. The van der Waals surface area contributed by atoms with Crippen molar-refractivity contribution in [3.63, 3.8) is 0 Å². The van der Waals surface area contributed by atoms with Gasteiger partial charge in [0.05, 0.1) is 12.0 Å². The van der Waals surface area contributed by atoms with Gasteiger partial charge in [0, 0.05) is 12.2 Å². The lowest BCUT2D eigenvalue weighted by molar-refractivity contribution is 0.591. The first-order chi connectivity index (χ1) is 9.85. The van der Waals surface area contributed by atoms with Crippen molar-refractivity contribution in [1.82, 2.24) is 9.55 Å². The van der Waals surface area contributed by atoms with Crippen LogP contribution in [0, 0.1) is 6.92 Å². The number of aromatic nitrogens is 2. The van der Waals surface area contributed by atoms with Gasteiger partial charge < -0.3 is 4.57 Å². The van der Waals surface area contributed by atoms with Crippen molar-refractivity contribution < 1.29 is 8.42 Å². The number of rotatable bonds is 5. The smallest absolute Gasteiger partial charge is 0.280 e. The van der Waals surface area contributed by atoms with Gasteiger partial charge in [0.1, 0.15) is 0 Å². The zero-order valence-corrected chi connectivity index (χ0v) is 13.6. The molecule has 0 amide bonds. The minimum absolute atomic E-state index is 0.0431. The summed E-state index contributed by atoms with van der Waals surface area (Å²) < 4.78 is 29.4. The highest BCUT2D eigenvalue weighted by molar-refractivity contribution is 7.92. The van der Waals surface area contributed by atoms with Crippen LogP contribution in [0.15, 0.2) is 35.7 Å². The molecule has 0 bridgehead atoms. The van der Waals surface area contributed by atoms with E-state index < -0.39 is 10.0 Å². The van der Waals surface area contributed by atoms with Crippen molar-refractivity contribution in [3.05, 3.63) is 41.9 Å². The molecule has 0 atom stereocenters. The molecule has 1 aromatic heterocycles. The Balaban J connectivity index is 2.37. The van der Waals surface area contributed by atoms with Gasteiger partial charge in [0.2, 0.25) is 0 Å². The van der Waals surface area contributed by atoms with E-state index in [1.165, 1.54) is 6.33 Å². The summed E-state index contributed by atoms with van der Waals surface area (Å²) in [5, 5.41) is 0.0431. The molecule has 0 spiro atoms. The highest BCUT2D eigenvalue weighted by atomic mass is 32.2. The number of nitrogens with one attached hydrogen (secondary N) is 1. The van der Waals surface area contributed by atoms with E-state index in [1.807, 2.05) is 45.9 Å². The third-order valence-corrected chi connectivity index (χ3v) is 4.66. The fourth-order valence-corrected chi connectivity index (χ4v) is 3.21. The van der Waals surface area contributed by atoms with E-state index in [4.69, 9.17) is 0 Å². The maximum atomic E-state index is 12.5. The van der Waals surface area contributed by atoms with Crippen LogP contribution in [-0.2, 0) is 16.4 Å². The Labute approximate surface area is 126 Å². The molecule has 0 saturated heterocycles. The van der Waals surface area contributed by atoms with Crippen LogP contribution in [0.25, 0.3) is 0 Å². The van der Waals surface area contributed by atoms with E-state index in [-0.39, 0.29) is 11.1 Å². The molecule has 114 valence electrons. The third kappa shape index (κ3) is 3.26. The van der Waals surface area contributed by atoms with Crippen molar-refractivity contribution in [1.29, 1.82) is 0 Å². The highest BCUT2D eigenvalue weighted by Gasteiger charge is 2.20. The summed E-state index contributed by atoms with van der Waals surface area (Å²) in [6.45, 7) is 7.84. The third-order valence-electron chi connectivity index (χ3n) is 3.43. The number of anilines is 1.